The molecular formula is C13H24N2O3Si. The Morgan fingerprint density at radius 2 is 2.00 bits per heavy atom. The molecule has 0 aromatic carbocycles. The average molecular weight is 284 g/mol. The highest BCUT2D eigenvalue weighted by atomic mass is 28.3. The van der Waals surface area contributed by atoms with E-state index in [9.17, 15) is 4.79 Å². The Bertz CT molecular complexity index is 430. The number of ether oxygens (including phenoxy) is 2. The molecule has 0 radical (unpaired) electrons. The molecule has 6 heteroatoms. The highest BCUT2D eigenvalue weighted by Gasteiger charge is 2.19. The molecule has 0 saturated heterocycles. The summed E-state index contributed by atoms with van der Waals surface area (Å²) < 4.78 is 11.9. The summed E-state index contributed by atoms with van der Waals surface area (Å²) in [4.78, 5) is 11.7. The summed E-state index contributed by atoms with van der Waals surface area (Å²) in [6, 6.07) is 2.74. The van der Waals surface area contributed by atoms with E-state index in [0.717, 1.165) is 10.7 Å². The topological polar surface area (TPSA) is 53.4 Å². The number of hydrogen-bond donors (Lipinski definition) is 0. The van der Waals surface area contributed by atoms with Gasteiger partial charge in [0.05, 0.1) is 6.61 Å². The van der Waals surface area contributed by atoms with Crippen LogP contribution in [0.3, 0.4) is 0 Å². The fourth-order valence-corrected chi connectivity index (χ4v) is 1.97. The fraction of sp³-hybridized carbons (Fsp3) is 0.692. The second kappa shape index (κ2) is 5.77. The van der Waals surface area contributed by atoms with Crippen LogP contribution in [0.2, 0.25) is 25.7 Å². The van der Waals surface area contributed by atoms with Gasteiger partial charge in [-0.1, -0.05) is 19.6 Å². The van der Waals surface area contributed by atoms with E-state index < -0.39 is 19.8 Å². The molecule has 1 aromatic rings. The van der Waals surface area contributed by atoms with Gasteiger partial charge in [-0.25, -0.2) is 4.79 Å². The van der Waals surface area contributed by atoms with Gasteiger partial charge in [0.25, 0.3) is 0 Å². The summed E-state index contributed by atoms with van der Waals surface area (Å²) in [5.41, 5.74) is -0.526. The number of aromatic nitrogens is 2. The molecule has 1 heterocycles. The van der Waals surface area contributed by atoms with E-state index in [1.165, 1.54) is 0 Å². The van der Waals surface area contributed by atoms with E-state index in [4.69, 9.17) is 9.47 Å². The van der Waals surface area contributed by atoms with Gasteiger partial charge in [0.2, 0.25) is 5.88 Å². The van der Waals surface area contributed by atoms with E-state index in [-0.39, 0.29) is 0 Å². The molecule has 0 aliphatic rings. The number of nitrogens with zero attached hydrogens (tertiary/aromatic N) is 2. The van der Waals surface area contributed by atoms with Crippen LogP contribution < -0.4 is 4.74 Å². The van der Waals surface area contributed by atoms with Crippen LogP contribution in [0.1, 0.15) is 20.8 Å². The van der Waals surface area contributed by atoms with Gasteiger partial charge in [-0.15, -0.1) is 5.10 Å². The highest BCUT2D eigenvalue weighted by molar-refractivity contribution is 6.76. The van der Waals surface area contributed by atoms with Gasteiger partial charge < -0.3 is 9.47 Å². The first-order chi connectivity index (χ1) is 8.57. The zero-order valence-corrected chi connectivity index (χ0v) is 13.7. The van der Waals surface area contributed by atoms with Crippen molar-refractivity contribution in [3.63, 3.8) is 0 Å². The molecule has 0 fully saturated rings. The maximum Gasteiger partial charge on any atom is 0.435 e. The fourth-order valence-electron chi connectivity index (χ4n) is 1.26. The van der Waals surface area contributed by atoms with Crippen molar-refractivity contribution in [3.8, 4) is 5.88 Å². The first kappa shape index (κ1) is 15.8. The lowest BCUT2D eigenvalue weighted by Gasteiger charge is -2.18. The minimum Gasteiger partial charge on any atom is -0.477 e. The zero-order chi connectivity index (χ0) is 14.7. The molecule has 5 nitrogen and oxygen atoms in total. The SMILES string of the molecule is CC(C)(C)OC(=O)n1ccc(OCC[Si](C)(C)C)n1. The van der Waals surface area contributed by atoms with E-state index >= 15 is 0 Å². The molecule has 108 valence electrons. The Hall–Kier alpha value is -1.30. The molecule has 0 spiro atoms. The second-order valence-electron chi connectivity index (χ2n) is 6.74. The smallest absolute Gasteiger partial charge is 0.435 e. The van der Waals surface area contributed by atoms with Gasteiger partial charge in [-0.3, -0.25) is 0 Å². The Morgan fingerprint density at radius 1 is 1.37 bits per heavy atom. The predicted octanol–water partition coefficient (Wildman–Crippen LogP) is 3.38. The second-order valence-corrected chi connectivity index (χ2v) is 12.4. The van der Waals surface area contributed by atoms with Gasteiger partial charge in [0.15, 0.2) is 0 Å². The van der Waals surface area contributed by atoms with Gasteiger partial charge in [0.1, 0.15) is 5.60 Å². The molecule has 1 rings (SSSR count). The molecule has 19 heavy (non-hydrogen) atoms. The predicted molar refractivity (Wildman–Crippen MR) is 77.5 cm³/mol. The van der Waals surface area contributed by atoms with E-state index in [2.05, 4.69) is 24.7 Å². The minimum atomic E-state index is -1.11. The van der Waals surface area contributed by atoms with E-state index in [0.29, 0.717) is 12.5 Å². The summed E-state index contributed by atoms with van der Waals surface area (Å²) in [7, 11) is -1.11. The van der Waals surface area contributed by atoms with Crippen molar-refractivity contribution in [2.24, 2.45) is 0 Å². The standard InChI is InChI=1S/C13H24N2O3Si/c1-13(2,3)18-12(16)15-8-7-11(14-15)17-9-10-19(4,5)6/h7-8H,9-10H2,1-6H3. The molecule has 0 amide bonds. The van der Waals surface area contributed by atoms with Crippen LogP contribution in [-0.4, -0.2) is 36.2 Å². The minimum absolute atomic E-state index is 0.462. The maximum absolute atomic E-state index is 11.7. The van der Waals surface area contributed by atoms with Crippen molar-refractivity contribution in [3.05, 3.63) is 12.3 Å². The summed E-state index contributed by atoms with van der Waals surface area (Å²) in [5.74, 6) is 0.462. The molecule has 0 atom stereocenters. The number of carbonyl (C=O) groups excluding carboxylic acids is 1. The Kier molecular flexibility index (Phi) is 4.79. The molecular weight excluding hydrogens is 260 g/mol. The molecule has 0 aliphatic heterocycles. The Morgan fingerprint density at radius 3 is 2.53 bits per heavy atom. The lowest BCUT2D eigenvalue weighted by Crippen LogP contribution is -2.27. The molecule has 0 N–H and O–H groups in total. The zero-order valence-electron chi connectivity index (χ0n) is 12.7. The third-order valence-corrected chi connectivity index (χ3v) is 3.95. The average Bonchev–Trinajstić information content (AvgIpc) is 2.61. The Balaban J connectivity index is 2.51. The third kappa shape index (κ3) is 6.42. The number of carbonyl (C=O) groups is 1. The molecule has 0 saturated carbocycles. The summed E-state index contributed by atoms with van der Waals surface area (Å²) >= 11 is 0. The quantitative estimate of drug-likeness (QED) is 0.795. The van der Waals surface area contributed by atoms with Gasteiger partial charge >= 0.3 is 6.09 Å². The number of rotatable bonds is 4. The van der Waals surface area contributed by atoms with Gasteiger partial charge in [-0.2, -0.15) is 4.68 Å². The third-order valence-electron chi connectivity index (χ3n) is 2.25. The highest BCUT2D eigenvalue weighted by Crippen LogP contribution is 2.13. The lowest BCUT2D eigenvalue weighted by atomic mass is 10.2. The van der Waals surface area contributed by atoms with Crippen LogP contribution in [0.4, 0.5) is 4.79 Å². The number of hydrogen-bond acceptors (Lipinski definition) is 4. The normalized spacial score (nSPS) is 12.3. The largest absolute Gasteiger partial charge is 0.477 e. The van der Waals surface area contributed by atoms with Crippen LogP contribution in [0, 0.1) is 0 Å². The van der Waals surface area contributed by atoms with Crippen LogP contribution in [0.5, 0.6) is 5.88 Å². The van der Waals surface area contributed by atoms with Gasteiger partial charge in [-0.05, 0) is 26.8 Å². The molecule has 0 aliphatic carbocycles. The van der Waals surface area contributed by atoms with Crippen molar-refractivity contribution < 1.29 is 14.3 Å². The van der Waals surface area contributed by atoms with Crippen LogP contribution in [0.15, 0.2) is 12.3 Å². The van der Waals surface area contributed by atoms with Crippen molar-refractivity contribution >= 4 is 14.2 Å². The maximum atomic E-state index is 11.7. The first-order valence-corrected chi connectivity index (χ1v) is 10.2. The van der Waals surface area contributed by atoms with Crippen molar-refractivity contribution in [1.82, 2.24) is 9.78 Å². The molecule has 1 aromatic heterocycles. The first-order valence-electron chi connectivity index (χ1n) is 6.49. The molecule has 0 bridgehead atoms. The van der Waals surface area contributed by atoms with E-state index in [1.807, 2.05) is 20.8 Å². The summed E-state index contributed by atoms with van der Waals surface area (Å²) in [6.07, 6.45) is 1.06. The van der Waals surface area contributed by atoms with Crippen molar-refractivity contribution in [2.75, 3.05) is 6.61 Å². The monoisotopic (exact) mass is 284 g/mol. The summed E-state index contributed by atoms with van der Waals surface area (Å²) in [5, 5.41) is 4.05. The van der Waals surface area contributed by atoms with Crippen molar-refractivity contribution in [2.45, 2.75) is 52.1 Å². The van der Waals surface area contributed by atoms with Crippen LogP contribution in [0.25, 0.3) is 0 Å². The van der Waals surface area contributed by atoms with Crippen molar-refractivity contribution in [1.29, 1.82) is 0 Å². The van der Waals surface area contributed by atoms with Gasteiger partial charge in [0, 0.05) is 20.3 Å². The summed E-state index contributed by atoms with van der Waals surface area (Å²) in [6.45, 7) is 13.0. The molecule has 0 unspecified atom stereocenters. The van der Waals surface area contributed by atoms with Crippen LogP contribution >= 0.6 is 0 Å². The van der Waals surface area contributed by atoms with Crippen LogP contribution in [-0.2, 0) is 4.74 Å². The Labute approximate surface area is 115 Å². The lowest BCUT2D eigenvalue weighted by molar-refractivity contribution is 0.0512. The van der Waals surface area contributed by atoms with E-state index in [1.54, 1.807) is 12.3 Å².